The predicted octanol–water partition coefficient (Wildman–Crippen LogP) is 0.684. The average molecular weight is 250 g/mol. The molecular formula is C13H18N2O3. The highest BCUT2D eigenvalue weighted by Crippen LogP contribution is 2.09. The zero-order chi connectivity index (χ0) is 13.5. The molecule has 98 valence electrons. The Morgan fingerprint density at radius 3 is 2.39 bits per heavy atom. The number of carbonyl (C=O) groups excluding carboxylic acids is 2. The van der Waals surface area contributed by atoms with Crippen molar-refractivity contribution < 1.29 is 14.7 Å². The number of amides is 2. The molecule has 0 aromatic heterocycles. The third-order valence-corrected chi connectivity index (χ3v) is 2.23. The summed E-state index contributed by atoms with van der Waals surface area (Å²) in [4.78, 5) is 22.3. The van der Waals surface area contributed by atoms with Gasteiger partial charge in [-0.15, -0.1) is 0 Å². The van der Waals surface area contributed by atoms with Crippen molar-refractivity contribution in [2.75, 3.05) is 11.9 Å². The molecule has 0 aliphatic rings. The van der Waals surface area contributed by atoms with E-state index in [4.69, 9.17) is 5.11 Å². The number of aliphatic hydroxyl groups is 1. The maximum absolute atomic E-state index is 11.5. The van der Waals surface area contributed by atoms with Gasteiger partial charge in [-0.1, -0.05) is 12.1 Å². The van der Waals surface area contributed by atoms with Gasteiger partial charge in [0.05, 0.1) is 12.5 Å². The molecule has 0 heterocycles. The first-order chi connectivity index (χ1) is 8.47. The van der Waals surface area contributed by atoms with Gasteiger partial charge in [-0.2, -0.15) is 0 Å². The molecule has 0 saturated carbocycles. The molecule has 0 aliphatic heterocycles. The Hall–Kier alpha value is -1.88. The largest absolute Gasteiger partial charge is 0.392 e. The second kappa shape index (κ2) is 6.76. The number of benzene rings is 1. The van der Waals surface area contributed by atoms with E-state index in [0.29, 0.717) is 5.69 Å². The van der Waals surface area contributed by atoms with Gasteiger partial charge in [0, 0.05) is 19.2 Å². The van der Waals surface area contributed by atoms with Gasteiger partial charge in [-0.05, 0) is 24.6 Å². The molecule has 5 heteroatoms. The van der Waals surface area contributed by atoms with Crippen molar-refractivity contribution in [3.05, 3.63) is 29.8 Å². The van der Waals surface area contributed by atoms with Crippen molar-refractivity contribution in [2.45, 2.75) is 26.4 Å². The van der Waals surface area contributed by atoms with Crippen LogP contribution in [0.3, 0.4) is 0 Å². The lowest BCUT2D eigenvalue weighted by atomic mass is 10.1. The number of hydrogen-bond donors (Lipinski definition) is 3. The Morgan fingerprint density at radius 2 is 1.89 bits per heavy atom. The molecule has 0 saturated heterocycles. The van der Waals surface area contributed by atoms with Crippen LogP contribution in [0.25, 0.3) is 0 Å². The van der Waals surface area contributed by atoms with Gasteiger partial charge in [0.15, 0.2) is 0 Å². The summed E-state index contributed by atoms with van der Waals surface area (Å²) in [5.41, 5.74) is 1.56. The molecule has 0 radical (unpaired) electrons. The fourth-order valence-electron chi connectivity index (χ4n) is 1.42. The van der Waals surface area contributed by atoms with E-state index in [-0.39, 0.29) is 24.8 Å². The molecule has 1 rings (SSSR count). The second-order valence-corrected chi connectivity index (χ2v) is 4.21. The maximum Gasteiger partial charge on any atom is 0.224 e. The van der Waals surface area contributed by atoms with Crippen LogP contribution in [0.1, 0.15) is 19.4 Å². The lowest BCUT2D eigenvalue weighted by Gasteiger charge is -2.07. The van der Waals surface area contributed by atoms with Gasteiger partial charge in [0.1, 0.15) is 0 Å². The SMILES string of the molecule is CC(=O)Nc1ccc(CC(=O)NCC(C)O)cc1. The van der Waals surface area contributed by atoms with Crippen LogP contribution in [0.2, 0.25) is 0 Å². The summed E-state index contributed by atoms with van der Waals surface area (Å²) in [5.74, 6) is -0.263. The molecule has 1 aromatic carbocycles. The third-order valence-electron chi connectivity index (χ3n) is 2.23. The van der Waals surface area contributed by atoms with Gasteiger partial charge >= 0.3 is 0 Å². The Bertz CT molecular complexity index is 413. The maximum atomic E-state index is 11.5. The molecule has 1 atom stereocenters. The standard InChI is InChI=1S/C13H18N2O3/c1-9(16)8-14-13(18)7-11-3-5-12(6-4-11)15-10(2)17/h3-6,9,16H,7-8H2,1-2H3,(H,14,18)(H,15,17). The van der Waals surface area contributed by atoms with Gasteiger partial charge in [-0.3, -0.25) is 9.59 Å². The van der Waals surface area contributed by atoms with Crippen LogP contribution < -0.4 is 10.6 Å². The summed E-state index contributed by atoms with van der Waals surface area (Å²) in [7, 11) is 0. The summed E-state index contributed by atoms with van der Waals surface area (Å²) < 4.78 is 0. The minimum atomic E-state index is -0.545. The van der Waals surface area contributed by atoms with E-state index < -0.39 is 6.10 Å². The lowest BCUT2D eigenvalue weighted by molar-refractivity contribution is -0.120. The Kier molecular flexibility index (Phi) is 5.32. The van der Waals surface area contributed by atoms with E-state index >= 15 is 0 Å². The highest BCUT2D eigenvalue weighted by Gasteiger charge is 2.04. The summed E-state index contributed by atoms with van der Waals surface area (Å²) in [6.07, 6.45) is -0.288. The monoisotopic (exact) mass is 250 g/mol. The molecule has 0 aliphatic carbocycles. The molecule has 18 heavy (non-hydrogen) atoms. The second-order valence-electron chi connectivity index (χ2n) is 4.21. The van der Waals surface area contributed by atoms with Gasteiger partial charge in [-0.25, -0.2) is 0 Å². The first-order valence-electron chi connectivity index (χ1n) is 5.78. The molecule has 1 aromatic rings. The van der Waals surface area contributed by atoms with Crippen LogP contribution in [-0.4, -0.2) is 29.6 Å². The quantitative estimate of drug-likeness (QED) is 0.719. The highest BCUT2D eigenvalue weighted by molar-refractivity contribution is 5.88. The molecule has 1 unspecified atom stereocenters. The van der Waals surface area contributed by atoms with Crippen molar-refractivity contribution in [3.8, 4) is 0 Å². The number of carbonyl (C=O) groups is 2. The van der Waals surface area contributed by atoms with Crippen LogP contribution >= 0.6 is 0 Å². The van der Waals surface area contributed by atoms with Crippen LogP contribution in [0.15, 0.2) is 24.3 Å². The number of hydrogen-bond acceptors (Lipinski definition) is 3. The molecule has 2 amide bonds. The predicted molar refractivity (Wildman–Crippen MR) is 69.1 cm³/mol. The van der Waals surface area contributed by atoms with Crippen molar-refractivity contribution >= 4 is 17.5 Å². The first-order valence-corrected chi connectivity index (χ1v) is 5.78. The first kappa shape index (κ1) is 14.2. The summed E-state index contributed by atoms with van der Waals surface area (Å²) in [6, 6.07) is 7.07. The summed E-state index contributed by atoms with van der Waals surface area (Å²) in [5, 5.41) is 14.3. The molecular weight excluding hydrogens is 232 g/mol. The number of anilines is 1. The number of rotatable bonds is 5. The molecule has 0 bridgehead atoms. The zero-order valence-corrected chi connectivity index (χ0v) is 10.6. The minimum Gasteiger partial charge on any atom is -0.392 e. The van der Waals surface area contributed by atoms with Crippen LogP contribution in [0.5, 0.6) is 0 Å². The van der Waals surface area contributed by atoms with Crippen molar-refractivity contribution in [1.82, 2.24) is 5.32 Å². The van der Waals surface area contributed by atoms with Crippen molar-refractivity contribution in [2.24, 2.45) is 0 Å². The van der Waals surface area contributed by atoms with Crippen LogP contribution in [-0.2, 0) is 16.0 Å². The Labute approximate surface area is 106 Å². The van der Waals surface area contributed by atoms with E-state index in [1.165, 1.54) is 6.92 Å². The van der Waals surface area contributed by atoms with Crippen LogP contribution in [0, 0.1) is 0 Å². The molecule has 0 spiro atoms. The van der Waals surface area contributed by atoms with E-state index in [1.54, 1.807) is 31.2 Å². The lowest BCUT2D eigenvalue weighted by Crippen LogP contribution is -2.31. The number of aliphatic hydroxyl groups excluding tert-OH is 1. The van der Waals surface area contributed by atoms with E-state index in [1.807, 2.05) is 0 Å². The third kappa shape index (κ3) is 5.45. The fourth-order valence-corrected chi connectivity index (χ4v) is 1.42. The highest BCUT2D eigenvalue weighted by atomic mass is 16.3. The van der Waals surface area contributed by atoms with Gasteiger partial charge in [0.2, 0.25) is 11.8 Å². The Morgan fingerprint density at radius 1 is 1.28 bits per heavy atom. The summed E-state index contributed by atoms with van der Waals surface area (Å²) >= 11 is 0. The molecule has 5 nitrogen and oxygen atoms in total. The van der Waals surface area contributed by atoms with E-state index in [0.717, 1.165) is 5.56 Å². The van der Waals surface area contributed by atoms with Gasteiger partial charge < -0.3 is 15.7 Å². The summed E-state index contributed by atoms with van der Waals surface area (Å²) in [6.45, 7) is 3.31. The van der Waals surface area contributed by atoms with E-state index in [9.17, 15) is 9.59 Å². The van der Waals surface area contributed by atoms with Crippen molar-refractivity contribution in [1.29, 1.82) is 0 Å². The normalized spacial score (nSPS) is 11.7. The fraction of sp³-hybridized carbons (Fsp3) is 0.385. The van der Waals surface area contributed by atoms with Crippen molar-refractivity contribution in [3.63, 3.8) is 0 Å². The Balaban J connectivity index is 2.48. The number of nitrogens with one attached hydrogen (secondary N) is 2. The molecule has 3 N–H and O–H groups in total. The minimum absolute atomic E-state index is 0.127. The topological polar surface area (TPSA) is 78.4 Å². The average Bonchev–Trinajstić information content (AvgIpc) is 2.28. The van der Waals surface area contributed by atoms with Crippen LogP contribution in [0.4, 0.5) is 5.69 Å². The smallest absolute Gasteiger partial charge is 0.224 e. The van der Waals surface area contributed by atoms with Gasteiger partial charge in [0.25, 0.3) is 0 Å². The van der Waals surface area contributed by atoms with E-state index in [2.05, 4.69) is 10.6 Å². The molecule has 0 fully saturated rings. The zero-order valence-electron chi connectivity index (χ0n) is 10.6.